The Kier molecular flexibility index (Phi) is 3.53. The van der Waals surface area contributed by atoms with E-state index in [0.29, 0.717) is 5.41 Å². The Morgan fingerprint density at radius 2 is 1.67 bits per heavy atom. The van der Waals surface area contributed by atoms with Crippen LogP contribution >= 0.6 is 0 Å². The Morgan fingerprint density at radius 3 is 2.00 bits per heavy atom. The highest BCUT2D eigenvalue weighted by Gasteiger charge is 2.39. The van der Waals surface area contributed by atoms with E-state index in [2.05, 4.69) is 5.32 Å². The Balaban J connectivity index is 0.000000336. The topological polar surface area (TPSA) is 32.3 Å². The molecule has 1 aliphatic heterocycles. The van der Waals surface area contributed by atoms with Crippen LogP contribution < -0.4 is 5.32 Å². The summed E-state index contributed by atoms with van der Waals surface area (Å²) in [5.41, 5.74) is 0.610. The van der Waals surface area contributed by atoms with Crippen molar-refractivity contribution < 1.29 is 5.11 Å². The molecule has 0 aromatic carbocycles. The molecular weight excluding hydrogens is 150 g/mol. The van der Waals surface area contributed by atoms with Crippen molar-refractivity contribution in [3.8, 4) is 0 Å². The average molecular weight is 171 g/mol. The summed E-state index contributed by atoms with van der Waals surface area (Å²) in [7, 11) is 0. The lowest BCUT2D eigenvalue weighted by Gasteiger charge is -2.46. The molecule has 1 saturated heterocycles. The third-order valence-corrected chi connectivity index (χ3v) is 3.02. The second-order valence-corrected chi connectivity index (χ2v) is 3.83. The van der Waals surface area contributed by atoms with Gasteiger partial charge < -0.3 is 10.4 Å². The van der Waals surface area contributed by atoms with E-state index >= 15 is 0 Å². The standard InChI is InChI=1S/C8H15NO.C2H6/c10-7-1-3-8(4-2-7)5-9-6-8;1-2/h7,9-10H,1-6H2;1-2H3. The van der Waals surface area contributed by atoms with Gasteiger partial charge in [0, 0.05) is 13.1 Å². The molecule has 2 N–H and O–H groups in total. The molecule has 0 radical (unpaired) electrons. The van der Waals surface area contributed by atoms with Crippen LogP contribution in [-0.4, -0.2) is 24.3 Å². The molecule has 1 aliphatic carbocycles. The molecule has 1 spiro atoms. The van der Waals surface area contributed by atoms with Crippen LogP contribution in [0, 0.1) is 5.41 Å². The Hall–Kier alpha value is -0.0800. The molecule has 1 saturated carbocycles. The van der Waals surface area contributed by atoms with Gasteiger partial charge in [-0.05, 0) is 31.1 Å². The minimum atomic E-state index is 0.00576. The number of hydrogen-bond acceptors (Lipinski definition) is 2. The fourth-order valence-corrected chi connectivity index (χ4v) is 2.05. The zero-order valence-electron chi connectivity index (χ0n) is 8.27. The molecule has 1 heterocycles. The van der Waals surface area contributed by atoms with Crippen LogP contribution in [0.2, 0.25) is 0 Å². The van der Waals surface area contributed by atoms with E-state index in [1.165, 1.54) is 25.9 Å². The van der Waals surface area contributed by atoms with Gasteiger partial charge in [0.2, 0.25) is 0 Å². The molecule has 0 amide bonds. The first-order chi connectivity index (χ1) is 5.81. The van der Waals surface area contributed by atoms with Crippen molar-refractivity contribution in [1.82, 2.24) is 5.32 Å². The summed E-state index contributed by atoms with van der Waals surface area (Å²) in [4.78, 5) is 0. The molecule has 12 heavy (non-hydrogen) atoms. The monoisotopic (exact) mass is 171 g/mol. The summed E-state index contributed by atoms with van der Waals surface area (Å²) >= 11 is 0. The molecule has 2 rings (SSSR count). The second-order valence-electron chi connectivity index (χ2n) is 3.83. The molecule has 0 bridgehead atoms. The SMILES string of the molecule is CC.OC1CCC2(CC1)CNC2. The zero-order valence-corrected chi connectivity index (χ0v) is 8.27. The maximum absolute atomic E-state index is 9.24. The molecule has 2 heteroatoms. The van der Waals surface area contributed by atoms with Gasteiger partial charge >= 0.3 is 0 Å². The van der Waals surface area contributed by atoms with Crippen LogP contribution in [0.3, 0.4) is 0 Å². The van der Waals surface area contributed by atoms with Crippen molar-refractivity contribution in [2.24, 2.45) is 5.41 Å². The third-order valence-electron chi connectivity index (χ3n) is 3.02. The quantitative estimate of drug-likeness (QED) is 0.579. The predicted octanol–water partition coefficient (Wildman–Crippen LogP) is 1.54. The van der Waals surface area contributed by atoms with Crippen LogP contribution in [0.5, 0.6) is 0 Å². The Morgan fingerprint density at radius 1 is 1.17 bits per heavy atom. The Bertz CT molecular complexity index is 122. The minimum absolute atomic E-state index is 0.00576. The van der Waals surface area contributed by atoms with Crippen LogP contribution in [0.25, 0.3) is 0 Å². The smallest absolute Gasteiger partial charge is 0.0540 e. The lowest BCUT2D eigenvalue weighted by atomic mass is 9.69. The molecule has 2 aliphatic rings. The third kappa shape index (κ3) is 1.99. The summed E-state index contributed by atoms with van der Waals surface area (Å²) in [6, 6.07) is 0. The molecule has 0 atom stereocenters. The first-order valence-electron chi connectivity index (χ1n) is 5.20. The first-order valence-corrected chi connectivity index (χ1v) is 5.20. The van der Waals surface area contributed by atoms with E-state index < -0.39 is 0 Å². The van der Waals surface area contributed by atoms with Crippen molar-refractivity contribution in [1.29, 1.82) is 0 Å². The van der Waals surface area contributed by atoms with Crippen molar-refractivity contribution in [3.05, 3.63) is 0 Å². The highest BCUT2D eigenvalue weighted by atomic mass is 16.3. The lowest BCUT2D eigenvalue weighted by molar-refractivity contribution is 0.0305. The summed E-state index contributed by atoms with van der Waals surface area (Å²) in [6.45, 7) is 6.39. The summed E-state index contributed by atoms with van der Waals surface area (Å²) in [5.74, 6) is 0. The van der Waals surface area contributed by atoms with Gasteiger partial charge in [-0.15, -0.1) is 0 Å². The average Bonchev–Trinajstić information content (AvgIpc) is 2.07. The number of aliphatic hydroxyl groups excluding tert-OH is 1. The van der Waals surface area contributed by atoms with E-state index in [9.17, 15) is 5.11 Å². The maximum Gasteiger partial charge on any atom is 0.0540 e. The fourth-order valence-electron chi connectivity index (χ4n) is 2.05. The van der Waals surface area contributed by atoms with Crippen molar-refractivity contribution >= 4 is 0 Å². The minimum Gasteiger partial charge on any atom is -0.393 e. The normalized spacial score (nSPS) is 27.2. The van der Waals surface area contributed by atoms with Gasteiger partial charge in [0.05, 0.1) is 6.10 Å². The van der Waals surface area contributed by atoms with E-state index in [-0.39, 0.29) is 6.10 Å². The van der Waals surface area contributed by atoms with Crippen LogP contribution in [-0.2, 0) is 0 Å². The molecule has 0 unspecified atom stereocenters. The highest BCUT2D eigenvalue weighted by molar-refractivity contribution is 4.95. The molecule has 2 nitrogen and oxygen atoms in total. The van der Waals surface area contributed by atoms with Gasteiger partial charge in [0.15, 0.2) is 0 Å². The van der Waals surface area contributed by atoms with Gasteiger partial charge in [0.1, 0.15) is 0 Å². The molecule has 72 valence electrons. The molecule has 2 fully saturated rings. The van der Waals surface area contributed by atoms with Crippen molar-refractivity contribution in [3.63, 3.8) is 0 Å². The zero-order chi connectivity index (χ0) is 9.03. The highest BCUT2D eigenvalue weighted by Crippen LogP contribution is 2.39. The van der Waals surface area contributed by atoms with E-state index in [1.807, 2.05) is 13.8 Å². The van der Waals surface area contributed by atoms with Gasteiger partial charge in [0.25, 0.3) is 0 Å². The number of rotatable bonds is 0. The number of hydrogen-bond donors (Lipinski definition) is 2. The largest absolute Gasteiger partial charge is 0.393 e. The Labute approximate surface area is 75.4 Å². The lowest BCUT2D eigenvalue weighted by Crippen LogP contribution is -2.55. The molecular formula is C10H21NO. The summed E-state index contributed by atoms with van der Waals surface area (Å²) in [5, 5.41) is 12.5. The molecule has 0 aromatic heterocycles. The van der Waals surface area contributed by atoms with Crippen molar-refractivity contribution in [2.75, 3.05) is 13.1 Å². The van der Waals surface area contributed by atoms with Gasteiger partial charge in [-0.2, -0.15) is 0 Å². The maximum atomic E-state index is 9.24. The summed E-state index contributed by atoms with van der Waals surface area (Å²) in [6.07, 6.45) is 4.54. The van der Waals surface area contributed by atoms with Gasteiger partial charge in [-0.25, -0.2) is 0 Å². The molecule has 0 aromatic rings. The van der Waals surface area contributed by atoms with Gasteiger partial charge in [-0.1, -0.05) is 13.8 Å². The van der Waals surface area contributed by atoms with E-state index in [4.69, 9.17) is 0 Å². The fraction of sp³-hybridized carbons (Fsp3) is 1.00. The van der Waals surface area contributed by atoms with Crippen LogP contribution in [0.4, 0.5) is 0 Å². The first kappa shape index (κ1) is 10.0. The van der Waals surface area contributed by atoms with E-state index in [0.717, 1.165) is 12.8 Å². The number of aliphatic hydroxyl groups is 1. The predicted molar refractivity (Wildman–Crippen MR) is 51.1 cm³/mol. The number of nitrogens with one attached hydrogen (secondary N) is 1. The van der Waals surface area contributed by atoms with E-state index in [1.54, 1.807) is 0 Å². The van der Waals surface area contributed by atoms with Gasteiger partial charge in [-0.3, -0.25) is 0 Å². The van der Waals surface area contributed by atoms with Crippen molar-refractivity contribution in [2.45, 2.75) is 45.6 Å². The van der Waals surface area contributed by atoms with Crippen LogP contribution in [0.15, 0.2) is 0 Å². The summed E-state index contributed by atoms with van der Waals surface area (Å²) < 4.78 is 0. The van der Waals surface area contributed by atoms with Crippen LogP contribution in [0.1, 0.15) is 39.5 Å². The second kappa shape index (κ2) is 4.24.